The Morgan fingerprint density at radius 1 is 1.09 bits per heavy atom. The second-order valence-electron chi connectivity index (χ2n) is 4.61. The molecule has 0 aliphatic heterocycles. The van der Waals surface area contributed by atoms with E-state index < -0.39 is 11.8 Å². The minimum absolute atomic E-state index is 0.178. The van der Waals surface area contributed by atoms with E-state index in [-0.39, 0.29) is 13.2 Å². The predicted molar refractivity (Wildman–Crippen MR) is 81.8 cm³/mol. The predicted octanol–water partition coefficient (Wildman–Crippen LogP) is 1.44. The smallest absolute Gasteiger partial charge is 0.273 e. The van der Waals surface area contributed by atoms with Crippen molar-refractivity contribution in [2.75, 3.05) is 19.8 Å². The molecule has 0 saturated heterocycles. The molecule has 2 aromatic rings. The SMILES string of the molecule is Cc1occc1C(=O)NNC(=O)COCCOc1ccccc1. The number of hydrogen-bond acceptors (Lipinski definition) is 5. The molecule has 1 aromatic heterocycles. The summed E-state index contributed by atoms with van der Waals surface area (Å²) in [6.45, 7) is 2.07. The first kappa shape index (κ1) is 16.6. The molecule has 0 aliphatic rings. The monoisotopic (exact) mass is 318 g/mol. The summed E-state index contributed by atoms with van der Waals surface area (Å²) in [5.74, 6) is 0.311. The number of ether oxygens (including phenoxy) is 2. The van der Waals surface area contributed by atoms with Gasteiger partial charge in [0.05, 0.1) is 18.4 Å². The molecule has 0 unspecified atom stereocenters. The summed E-state index contributed by atoms with van der Waals surface area (Å²) >= 11 is 0. The van der Waals surface area contributed by atoms with Crippen molar-refractivity contribution in [3.05, 3.63) is 54.0 Å². The number of furan rings is 1. The summed E-state index contributed by atoms with van der Waals surface area (Å²) in [5, 5.41) is 0. The molecular formula is C16H18N2O5. The Morgan fingerprint density at radius 2 is 1.87 bits per heavy atom. The molecule has 2 rings (SSSR count). The molecule has 122 valence electrons. The average Bonchev–Trinajstić information content (AvgIpc) is 2.99. The number of para-hydroxylation sites is 1. The van der Waals surface area contributed by atoms with Crippen molar-refractivity contribution < 1.29 is 23.5 Å². The van der Waals surface area contributed by atoms with E-state index in [1.54, 1.807) is 6.92 Å². The van der Waals surface area contributed by atoms with Crippen molar-refractivity contribution in [1.29, 1.82) is 0 Å². The summed E-state index contributed by atoms with van der Waals surface area (Å²) in [6, 6.07) is 10.8. The fourth-order valence-corrected chi connectivity index (χ4v) is 1.75. The first-order chi connectivity index (χ1) is 11.2. The number of nitrogens with one attached hydrogen (secondary N) is 2. The zero-order valence-electron chi connectivity index (χ0n) is 12.7. The van der Waals surface area contributed by atoms with E-state index in [0.717, 1.165) is 5.75 Å². The first-order valence-electron chi connectivity index (χ1n) is 7.05. The highest BCUT2D eigenvalue weighted by Crippen LogP contribution is 2.08. The molecule has 2 N–H and O–H groups in total. The van der Waals surface area contributed by atoms with Gasteiger partial charge in [-0.3, -0.25) is 20.4 Å². The maximum absolute atomic E-state index is 11.7. The highest BCUT2D eigenvalue weighted by molar-refractivity contribution is 5.96. The lowest BCUT2D eigenvalue weighted by atomic mass is 10.2. The van der Waals surface area contributed by atoms with Crippen molar-refractivity contribution in [2.45, 2.75) is 6.92 Å². The number of rotatable bonds is 7. The van der Waals surface area contributed by atoms with Gasteiger partial charge < -0.3 is 13.9 Å². The van der Waals surface area contributed by atoms with Crippen LogP contribution in [0.5, 0.6) is 5.75 Å². The average molecular weight is 318 g/mol. The summed E-state index contributed by atoms with van der Waals surface area (Å²) in [5.41, 5.74) is 4.91. The Morgan fingerprint density at radius 3 is 2.57 bits per heavy atom. The minimum Gasteiger partial charge on any atom is -0.491 e. The molecule has 2 amide bonds. The molecule has 1 heterocycles. The number of hydrogen-bond donors (Lipinski definition) is 2. The number of carbonyl (C=O) groups is 2. The summed E-state index contributed by atoms with van der Waals surface area (Å²) < 4.78 is 15.6. The maximum Gasteiger partial charge on any atom is 0.273 e. The van der Waals surface area contributed by atoms with Crippen LogP contribution >= 0.6 is 0 Å². The molecule has 7 nitrogen and oxygen atoms in total. The summed E-state index contributed by atoms with van der Waals surface area (Å²) in [4.78, 5) is 23.2. The van der Waals surface area contributed by atoms with E-state index in [9.17, 15) is 9.59 Å². The molecule has 0 aliphatic carbocycles. The van der Waals surface area contributed by atoms with Crippen LogP contribution in [0, 0.1) is 6.92 Å². The van der Waals surface area contributed by atoms with Gasteiger partial charge in [0, 0.05) is 0 Å². The van der Waals surface area contributed by atoms with Crippen LogP contribution in [-0.4, -0.2) is 31.6 Å². The highest BCUT2D eigenvalue weighted by Gasteiger charge is 2.11. The summed E-state index contributed by atoms with van der Waals surface area (Å²) in [7, 11) is 0. The minimum atomic E-state index is -0.459. The van der Waals surface area contributed by atoms with Gasteiger partial charge in [-0.1, -0.05) is 18.2 Å². The van der Waals surface area contributed by atoms with Crippen molar-refractivity contribution in [3.8, 4) is 5.75 Å². The largest absolute Gasteiger partial charge is 0.491 e. The Bertz CT molecular complexity index is 639. The fraction of sp³-hybridized carbons (Fsp3) is 0.250. The van der Waals surface area contributed by atoms with Crippen LogP contribution in [0.1, 0.15) is 16.1 Å². The van der Waals surface area contributed by atoms with Crippen molar-refractivity contribution in [2.24, 2.45) is 0 Å². The fourth-order valence-electron chi connectivity index (χ4n) is 1.75. The van der Waals surface area contributed by atoms with Crippen molar-refractivity contribution in [3.63, 3.8) is 0 Å². The van der Waals surface area contributed by atoms with Gasteiger partial charge in [-0.2, -0.15) is 0 Å². The molecular weight excluding hydrogens is 300 g/mol. The molecule has 0 saturated carbocycles. The number of carbonyl (C=O) groups excluding carboxylic acids is 2. The van der Waals surface area contributed by atoms with E-state index in [4.69, 9.17) is 13.9 Å². The van der Waals surface area contributed by atoms with Crippen LogP contribution in [0.25, 0.3) is 0 Å². The Labute approximate surface area is 133 Å². The molecule has 0 atom stereocenters. The second-order valence-corrected chi connectivity index (χ2v) is 4.61. The lowest BCUT2D eigenvalue weighted by Crippen LogP contribution is -2.43. The van der Waals surface area contributed by atoms with Gasteiger partial charge in [0.25, 0.3) is 11.8 Å². The number of benzene rings is 1. The van der Waals surface area contributed by atoms with Gasteiger partial charge in [0.1, 0.15) is 24.7 Å². The quantitative estimate of drug-likeness (QED) is 0.595. The lowest BCUT2D eigenvalue weighted by Gasteiger charge is -2.08. The zero-order chi connectivity index (χ0) is 16.5. The number of aryl methyl sites for hydroxylation is 1. The van der Waals surface area contributed by atoms with Gasteiger partial charge >= 0.3 is 0 Å². The molecule has 0 fully saturated rings. The molecule has 7 heteroatoms. The number of amides is 2. The number of hydrazine groups is 1. The standard InChI is InChI=1S/C16H18N2O5/c1-12-14(7-8-22-12)16(20)18-17-15(19)11-21-9-10-23-13-5-3-2-4-6-13/h2-8H,9-11H2,1H3,(H,17,19)(H,18,20). The zero-order valence-corrected chi connectivity index (χ0v) is 12.7. The third kappa shape index (κ3) is 5.48. The van der Waals surface area contributed by atoms with Crippen molar-refractivity contribution >= 4 is 11.8 Å². The van der Waals surface area contributed by atoms with E-state index in [2.05, 4.69) is 10.9 Å². The molecule has 0 bridgehead atoms. The van der Waals surface area contributed by atoms with Gasteiger partial charge in [-0.25, -0.2) is 0 Å². The van der Waals surface area contributed by atoms with E-state index in [1.807, 2.05) is 30.3 Å². The normalized spacial score (nSPS) is 10.1. The molecule has 1 aromatic carbocycles. The molecule has 23 heavy (non-hydrogen) atoms. The van der Waals surface area contributed by atoms with E-state index in [1.165, 1.54) is 12.3 Å². The highest BCUT2D eigenvalue weighted by atomic mass is 16.5. The van der Waals surface area contributed by atoms with Gasteiger partial charge in [-0.05, 0) is 25.1 Å². The third-order valence-corrected chi connectivity index (χ3v) is 2.89. The molecule has 0 radical (unpaired) electrons. The van der Waals surface area contributed by atoms with Gasteiger partial charge in [0.15, 0.2) is 0 Å². The van der Waals surface area contributed by atoms with Crippen LogP contribution in [0.3, 0.4) is 0 Å². The van der Waals surface area contributed by atoms with Crippen LogP contribution in [0.15, 0.2) is 47.1 Å². The summed E-state index contributed by atoms with van der Waals surface area (Å²) in [6.07, 6.45) is 1.40. The topological polar surface area (TPSA) is 89.8 Å². The third-order valence-electron chi connectivity index (χ3n) is 2.89. The van der Waals surface area contributed by atoms with Crippen LogP contribution in [0.2, 0.25) is 0 Å². The van der Waals surface area contributed by atoms with E-state index in [0.29, 0.717) is 17.9 Å². The Kier molecular flexibility index (Phi) is 6.19. The lowest BCUT2D eigenvalue weighted by molar-refractivity contribution is -0.126. The van der Waals surface area contributed by atoms with Crippen LogP contribution < -0.4 is 15.6 Å². The van der Waals surface area contributed by atoms with Gasteiger partial charge in [-0.15, -0.1) is 0 Å². The van der Waals surface area contributed by atoms with Crippen molar-refractivity contribution in [1.82, 2.24) is 10.9 Å². The van der Waals surface area contributed by atoms with Crippen LogP contribution in [0.4, 0.5) is 0 Å². The second kappa shape index (κ2) is 8.60. The Hall–Kier alpha value is -2.80. The van der Waals surface area contributed by atoms with E-state index >= 15 is 0 Å². The Balaban J connectivity index is 1.57. The van der Waals surface area contributed by atoms with Crippen LogP contribution in [-0.2, 0) is 9.53 Å². The first-order valence-corrected chi connectivity index (χ1v) is 7.05. The maximum atomic E-state index is 11.7. The van der Waals surface area contributed by atoms with Gasteiger partial charge in [0.2, 0.25) is 0 Å². The molecule has 0 spiro atoms.